The molecule has 0 bridgehead atoms. The highest BCUT2D eigenvalue weighted by Gasteiger charge is 2.13. The molecule has 7 heteroatoms. The van der Waals surface area contributed by atoms with Gasteiger partial charge in [0, 0.05) is 10.9 Å². The zero-order chi connectivity index (χ0) is 12.7. The van der Waals surface area contributed by atoms with Gasteiger partial charge in [-0.15, -0.1) is 21.5 Å². The summed E-state index contributed by atoms with van der Waals surface area (Å²) in [4.78, 5) is 0.816. The minimum Gasteiger partial charge on any atom is -0.324 e. The van der Waals surface area contributed by atoms with E-state index in [0.29, 0.717) is 16.6 Å². The van der Waals surface area contributed by atoms with Crippen LogP contribution in [0, 0.1) is 0 Å². The number of nitrogens with zero attached hydrogens (tertiary/aromatic N) is 3. The van der Waals surface area contributed by atoms with Gasteiger partial charge in [-0.2, -0.15) is 0 Å². The van der Waals surface area contributed by atoms with Gasteiger partial charge in [-0.05, 0) is 12.1 Å². The molecule has 0 saturated carbocycles. The standard InChI is InChI=1S/C11H8Cl2N4S/c12-7-2-1-6(3-8(7)13)9-5-18-11-16-15-10(4-14)17(9)11/h1-3,5H,4,14H2. The van der Waals surface area contributed by atoms with Crippen molar-refractivity contribution in [2.45, 2.75) is 6.54 Å². The molecule has 0 spiro atoms. The lowest BCUT2D eigenvalue weighted by atomic mass is 10.2. The fraction of sp³-hybridized carbons (Fsp3) is 0.0909. The molecule has 0 fully saturated rings. The molecule has 0 aliphatic rings. The lowest BCUT2D eigenvalue weighted by Crippen LogP contribution is -2.02. The maximum atomic E-state index is 6.04. The van der Waals surface area contributed by atoms with E-state index in [4.69, 9.17) is 28.9 Å². The molecule has 18 heavy (non-hydrogen) atoms. The topological polar surface area (TPSA) is 56.2 Å². The number of thiazole rings is 1. The Morgan fingerprint density at radius 1 is 1.22 bits per heavy atom. The van der Waals surface area contributed by atoms with Gasteiger partial charge >= 0.3 is 0 Å². The Balaban J connectivity index is 2.24. The van der Waals surface area contributed by atoms with E-state index in [1.54, 1.807) is 6.07 Å². The van der Waals surface area contributed by atoms with Crippen LogP contribution in [-0.4, -0.2) is 14.6 Å². The third-order valence-corrected chi connectivity index (χ3v) is 4.17. The molecule has 0 atom stereocenters. The summed E-state index contributed by atoms with van der Waals surface area (Å²) >= 11 is 13.5. The molecular weight excluding hydrogens is 291 g/mol. The molecule has 4 nitrogen and oxygen atoms in total. The predicted octanol–water partition coefficient (Wildman–Crippen LogP) is 3.22. The van der Waals surface area contributed by atoms with E-state index >= 15 is 0 Å². The van der Waals surface area contributed by atoms with Crippen molar-refractivity contribution in [3.05, 3.63) is 39.4 Å². The largest absolute Gasteiger partial charge is 0.324 e. The smallest absolute Gasteiger partial charge is 0.216 e. The fourth-order valence-corrected chi connectivity index (χ4v) is 2.92. The van der Waals surface area contributed by atoms with Crippen LogP contribution in [0.25, 0.3) is 16.2 Å². The highest BCUT2D eigenvalue weighted by Crippen LogP contribution is 2.31. The first-order valence-electron chi connectivity index (χ1n) is 5.17. The van der Waals surface area contributed by atoms with Gasteiger partial charge in [-0.25, -0.2) is 0 Å². The average Bonchev–Trinajstić information content (AvgIpc) is 2.93. The third-order valence-electron chi connectivity index (χ3n) is 2.62. The van der Waals surface area contributed by atoms with Crippen molar-refractivity contribution >= 4 is 39.5 Å². The van der Waals surface area contributed by atoms with Crippen LogP contribution in [0.3, 0.4) is 0 Å². The maximum absolute atomic E-state index is 6.04. The number of nitrogens with two attached hydrogens (primary N) is 1. The van der Waals surface area contributed by atoms with Crippen molar-refractivity contribution < 1.29 is 0 Å². The second-order valence-corrected chi connectivity index (χ2v) is 5.34. The summed E-state index contributed by atoms with van der Waals surface area (Å²) in [6.45, 7) is 0.340. The van der Waals surface area contributed by atoms with Crippen LogP contribution in [0.15, 0.2) is 23.6 Å². The fourth-order valence-electron chi connectivity index (χ4n) is 1.76. The van der Waals surface area contributed by atoms with Crippen LogP contribution in [0.5, 0.6) is 0 Å². The van der Waals surface area contributed by atoms with Crippen molar-refractivity contribution in [1.82, 2.24) is 14.6 Å². The van der Waals surface area contributed by atoms with Gasteiger partial charge in [-0.1, -0.05) is 29.3 Å². The van der Waals surface area contributed by atoms with Crippen molar-refractivity contribution in [3.8, 4) is 11.3 Å². The van der Waals surface area contributed by atoms with E-state index in [2.05, 4.69) is 10.2 Å². The highest BCUT2D eigenvalue weighted by atomic mass is 35.5. The van der Waals surface area contributed by atoms with Crippen LogP contribution < -0.4 is 5.73 Å². The monoisotopic (exact) mass is 298 g/mol. The molecule has 92 valence electrons. The summed E-state index contributed by atoms with van der Waals surface area (Å²) in [7, 11) is 0. The maximum Gasteiger partial charge on any atom is 0.216 e. The van der Waals surface area contributed by atoms with E-state index in [-0.39, 0.29) is 0 Å². The van der Waals surface area contributed by atoms with Gasteiger partial charge in [0.05, 0.1) is 22.3 Å². The Morgan fingerprint density at radius 2 is 2.06 bits per heavy atom. The molecule has 0 aliphatic carbocycles. The lowest BCUT2D eigenvalue weighted by Gasteiger charge is -2.03. The van der Waals surface area contributed by atoms with E-state index in [1.807, 2.05) is 21.9 Å². The zero-order valence-electron chi connectivity index (χ0n) is 9.10. The summed E-state index contributed by atoms with van der Waals surface area (Å²) in [5.74, 6) is 0.729. The number of fused-ring (bicyclic) bond motifs is 1. The number of hydrogen-bond acceptors (Lipinski definition) is 4. The molecular formula is C11H8Cl2N4S. The van der Waals surface area contributed by atoms with Gasteiger partial charge in [0.15, 0.2) is 5.82 Å². The van der Waals surface area contributed by atoms with Crippen LogP contribution in [0.2, 0.25) is 10.0 Å². The van der Waals surface area contributed by atoms with Gasteiger partial charge < -0.3 is 5.73 Å². The average molecular weight is 299 g/mol. The van der Waals surface area contributed by atoms with Crippen LogP contribution >= 0.6 is 34.5 Å². The second-order valence-electron chi connectivity index (χ2n) is 3.69. The molecule has 0 unspecified atom stereocenters. The second kappa shape index (κ2) is 4.51. The summed E-state index contributed by atoms with van der Waals surface area (Å²) < 4.78 is 1.93. The van der Waals surface area contributed by atoms with Crippen LogP contribution in [-0.2, 0) is 6.54 Å². The first-order chi connectivity index (χ1) is 8.70. The van der Waals surface area contributed by atoms with Crippen molar-refractivity contribution in [1.29, 1.82) is 0 Å². The lowest BCUT2D eigenvalue weighted by molar-refractivity contribution is 0.887. The van der Waals surface area contributed by atoms with E-state index < -0.39 is 0 Å². The van der Waals surface area contributed by atoms with Crippen molar-refractivity contribution in [3.63, 3.8) is 0 Å². The third kappa shape index (κ3) is 1.80. The highest BCUT2D eigenvalue weighted by molar-refractivity contribution is 7.15. The number of aromatic nitrogens is 3. The Morgan fingerprint density at radius 3 is 2.78 bits per heavy atom. The quantitative estimate of drug-likeness (QED) is 0.790. The Kier molecular flexibility index (Phi) is 2.99. The molecule has 0 amide bonds. The number of halogens is 2. The predicted molar refractivity (Wildman–Crippen MR) is 74.2 cm³/mol. The van der Waals surface area contributed by atoms with Crippen LogP contribution in [0.1, 0.15) is 5.82 Å². The zero-order valence-corrected chi connectivity index (χ0v) is 11.4. The minimum atomic E-state index is 0.340. The summed E-state index contributed by atoms with van der Waals surface area (Å²) in [6, 6.07) is 5.51. The molecule has 3 aromatic rings. The van der Waals surface area contributed by atoms with Gasteiger partial charge in [0.2, 0.25) is 4.96 Å². The van der Waals surface area contributed by atoms with Gasteiger partial charge in [-0.3, -0.25) is 4.40 Å². The Bertz CT molecular complexity index is 719. The SMILES string of the molecule is NCc1nnc2scc(-c3ccc(Cl)c(Cl)c3)n12. The Labute approximate surface area is 117 Å². The van der Waals surface area contributed by atoms with Crippen molar-refractivity contribution in [2.75, 3.05) is 0 Å². The first-order valence-corrected chi connectivity index (χ1v) is 6.81. The van der Waals surface area contributed by atoms with Crippen molar-refractivity contribution in [2.24, 2.45) is 5.73 Å². The van der Waals surface area contributed by atoms with E-state index in [9.17, 15) is 0 Å². The summed E-state index contributed by atoms with van der Waals surface area (Å²) in [6.07, 6.45) is 0. The molecule has 1 aromatic carbocycles. The summed E-state index contributed by atoms with van der Waals surface area (Å²) in [5, 5.41) is 11.2. The minimum absolute atomic E-state index is 0.340. The van der Waals surface area contributed by atoms with E-state index in [1.165, 1.54) is 11.3 Å². The molecule has 0 aliphatic heterocycles. The first kappa shape index (κ1) is 11.9. The molecule has 2 heterocycles. The molecule has 2 aromatic heterocycles. The molecule has 0 saturated heterocycles. The van der Waals surface area contributed by atoms with Crippen LogP contribution in [0.4, 0.5) is 0 Å². The van der Waals surface area contributed by atoms with Gasteiger partial charge in [0.1, 0.15) is 0 Å². The number of benzene rings is 1. The van der Waals surface area contributed by atoms with Gasteiger partial charge in [0.25, 0.3) is 0 Å². The Hall–Kier alpha value is -1.14. The number of rotatable bonds is 2. The summed E-state index contributed by atoms with van der Waals surface area (Å²) in [5.41, 5.74) is 7.59. The molecule has 2 N–H and O–H groups in total. The normalized spacial score (nSPS) is 11.3. The molecule has 3 rings (SSSR count). The number of hydrogen-bond donors (Lipinski definition) is 1. The molecule has 0 radical (unpaired) electrons. The van der Waals surface area contributed by atoms with E-state index in [0.717, 1.165) is 22.0 Å².